The van der Waals surface area contributed by atoms with Gasteiger partial charge in [-0.15, -0.1) is 0 Å². The molecule has 474 valence electrons. The van der Waals surface area contributed by atoms with Gasteiger partial charge in [0.05, 0.1) is 79.5 Å². The number of aldehydes is 1. The molecule has 6 N–H and O–H groups in total. The Kier molecular flexibility index (Phi) is 19.5. The van der Waals surface area contributed by atoms with Gasteiger partial charge in [0.25, 0.3) is 0 Å². The lowest BCUT2D eigenvalue weighted by atomic mass is 9.49. The quantitative estimate of drug-likeness (QED) is 0.0357. The van der Waals surface area contributed by atoms with Crippen molar-refractivity contribution < 1.29 is 102 Å². The van der Waals surface area contributed by atoms with Crippen LogP contribution in [0, 0.1) is 46.1 Å². The van der Waals surface area contributed by atoms with E-state index in [-0.39, 0.29) is 48.3 Å². The van der Waals surface area contributed by atoms with E-state index in [2.05, 4.69) is 25.2 Å². The summed E-state index contributed by atoms with van der Waals surface area (Å²) in [5, 5.41) is 71.5. The van der Waals surface area contributed by atoms with E-state index in [0.717, 1.165) is 12.7 Å². The number of esters is 2. The Balaban J connectivity index is 1.03. The van der Waals surface area contributed by atoms with Crippen molar-refractivity contribution in [2.75, 3.05) is 7.11 Å². The molecular weight excluding hydrogens is 1110 g/mol. The van der Waals surface area contributed by atoms with E-state index < -0.39 is 186 Å². The van der Waals surface area contributed by atoms with Crippen LogP contribution in [0.2, 0.25) is 0 Å². The predicted molar refractivity (Wildman–Crippen MR) is 297 cm³/mol. The highest BCUT2D eigenvalue weighted by molar-refractivity contribution is 6.26. The van der Waals surface area contributed by atoms with E-state index in [1.807, 2.05) is 32.9 Å². The molecule has 9 rings (SSSR count). The number of nitrogens with one attached hydrogen (secondary N) is 1. The summed E-state index contributed by atoms with van der Waals surface area (Å²) >= 11 is 0. The van der Waals surface area contributed by atoms with Gasteiger partial charge in [-0.05, 0) is 103 Å². The average Bonchev–Trinajstić information content (AvgIpc) is 1.74. The molecule has 1 amide bonds. The first-order chi connectivity index (χ1) is 40.0. The second-order valence-corrected chi connectivity index (χ2v) is 25.7. The molecule has 5 saturated heterocycles. The maximum absolute atomic E-state index is 15.5. The first-order valence-electron chi connectivity index (χ1n) is 29.9. The highest BCUT2D eigenvalue weighted by atomic mass is 16.8. The number of hydroxylamine groups is 2. The second kappa shape index (κ2) is 25.5. The number of allylic oxidation sites excluding steroid dienone is 3. The first-order valence-corrected chi connectivity index (χ1v) is 29.9. The van der Waals surface area contributed by atoms with Crippen LogP contribution in [-0.4, -0.2) is 184 Å². The maximum Gasteiger partial charge on any atom is 0.407 e. The maximum atomic E-state index is 15.5. The number of hydrogen-bond acceptors (Lipinski definition) is 23. The molecule has 9 aliphatic rings. The number of ether oxygens (including phenoxy) is 11. The van der Waals surface area contributed by atoms with Crippen LogP contribution in [-0.2, 0) is 71.3 Å². The lowest BCUT2D eigenvalue weighted by Crippen LogP contribution is -2.67. The zero-order chi connectivity index (χ0) is 61.9. The number of Topliss-reactive ketones (excluding diaryl/α,β-unsaturated/α-hetero) is 1. The van der Waals surface area contributed by atoms with Gasteiger partial charge < -0.3 is 88.3 Å². The summed E-state index contributed by atoms with van der Waals surface area (Å²) in [5.74, 6) is -6.35. The Morgan fingerprint density at radius 2 is 1.47 bits per heavy atom. The van der Waals surface area contributed by atoms with Gasteiger partial charge in [-0.3, -0.25) is 19.6 Å². The number of fused-ring (bicyclic) bond motifs is 4. The van der Waals surface area contributed by atoms with Gasteiger partial charge in [0.1, 0.15) is 29.8 Å². The number of aliphatic hydroxyl groups is 4. The molecule has 26 atom stereocenters. The Bertz CT molecular complexity index is 2660. The monoisotopic (exact) mass is 1200 g/mol. The Hall–Kier alpha value is -4.51. The van der Waals surface area contributed by atoms with Gasteiger partial charge in [0, 0.05) is 56.3 Å². The number of methoxy groups -OCH3 is 1. The van der Waals surface area contributed by atoms with Crippen molar-refractivity contribution >= 4 is 30.1 Å². The number of aliphatic hydroxyl groups excluding tert-OH is 4. The minimum atomic E-state index is -2.19. The predicted octanol–water partition coefficient (Wildman–Crippen LogP) is 5.36. The molecule has 0 aromatic heterocycles. The van der Waals surface area contributed by atoms with Crippen molar-refractivity contribution in [1.82, 2.24) is 10.5 Å². The molecular formula is C61H87N2O22-. The second-order valence-electron chi connectivity index (χ2n) is 25.7. The van der Waals surface area contributed by atoms with Crippen molar-refractivity contribution in [2.24, 2.45) is 40.9 Å². The Labute approximate surface area is 495 Å². The van der Waals surface area contributed by atoms with E-state index in [0.29, 0.717) is 31.1 Å². The van der Waals surface area contributed by atoms with Crippen LogP contribution in [0.3, 0.4) is 0 Å². The van der Waals surface area contributed by atoms with Crippen LogP contribution in [0.1, 0.15) is 128 Å². The smallest absolute Gasteiger partial charge is 0.407 e. The van der Waals surface area contributed by atoms with Gasteiger partial charge >= 0.3 is 18.0 Å². The topological polar surface area (TPSA) is 326 Å². The summed E-state index contributed by atoms with van der Waals surface area (Å²) in [6.07, 6.45) is -3.77. The van der Waals surface area contributed by atoms with Crippen molar-refractivity contribution in [2.45, 2.75) is 243 Å². The summed E-state index contributed by atoms with van der Waals surface area (Å²) in [7, 11) is 1.16. The molecule has 0 aromatic rings. The normalized spacial score (nSPS) is 45.9. The van der Waals surface area contributed by atoms with E-state index in [1.165, 1.54) is 19.9 Å². The first kappa shape index (κ1) is 64.9. The van der Waals surface area contributed by atoms with Crippen LogP contribution < -0.4 is 5.32 Å². The van der Waals surface area contributed by atoms with Crippen molar-refractivity contribution in [3.05, 3.63) is 63.6 Å². The molecule has 24 heteroatoms. The molecule has 24 nitrogen and oxygen atoms in total. The van der Waals surface area contributed by atoms with E-state index >= 15 is 4.79 Å². The fraction of sp³-hybridized carbons (Fsp3) is 0.754. The number of carbonyl (C=O) groups excluding carboxylic acids is 5. The Morgan fingerprint density at radius 3 is 2.13 bits per heavy atom. The third-order valence-corrected chi connectivity index (χ3v) is 19.9. The van der Waals surface area contributed by atoms with Crippen LogP contribution >= 0.6 is 0 Å². The molecule has 2 bridgehead atoms. The summed E-state index contributed by atoms with van der Waals surface area (Å²) in [6.45, 7) is 19.2. The van der Waals surface area contributed by atoms with Crippen molar-refractivity contribution in [3.63, 3.8) is 0 Å². The fourth-order valence-electron chi connectivity index (χ4n) is 15.5. The van der Waals surface area contributed by atoms with Crippen LogP contribution in [0.15, 0.2) is 58.4 Å². The van der Waals surface area contributed by atoms with Gasteiger partial charge in [-0.25, -0.2) is 9.59 Å². The standard InChI is InChI=1S/C61H87N2O22/c1-27-13-16-42(81-48-25-59(10,63(73)74)54(34(8)79-48)62-58(72)75-12)28(2)20-39-40(66)21-36(26-64)24-61(39)56(70)49(57(71)85-61)55(69)60(11)38(27)15-14-37-50(60)29(3)19-30(4)52(37)84-47-23-44(53(33(7)78-47)80-35(9)65)83-45-18-17-43(31(5)76-45)82-46-22-41(67)51(68)32(6)77-46/h13-15,20-21,26,29-34,37-48,50-54,66-69,73H,16-19,22-25H2,1-12H3,(H,62,72)/q-1. The minimum absolute atomic E-state index is 0.00593. The average molecular weight is 1200 g/mol. The number of nitrogens with zero attached hydrogens (tertiary/aromatic N) is 1. The fourth-order valence-corrected chi connectivity index (χ4v) is 15.5. The molecule has 26 unspecified atom stereocenters. The molecule has 0 aromatic carbocycles. The van der Waals surface area contributed by atoms with Crippen LogP contribution in [0.5, 0.6) is 0 Å². The van der Waals surface area contributed by atoms with E-state index in [1.54, 1.807) is 33.8 Å². The number of carbonyl (C=O) groups is 5. The van der Waals surface area contributed by atoms with Gasteiger partial charge in [-0.1, -0.05) is 50.6 Å². The number of amides is 1. The highest BCUT2D eigenvalue weighted by Crippen LogP contribution is 2.61. The summed E-state index contributed by atoms with van der Waals surface area (Å²) in [5.41, 5.74) is -4.72. The minimum Gasteiger partial charge on any atom is -0.762 e. The van der Waals surface area contributed by atoms with Gasteiger partial charge in [0.2, 0.25) is 5.78 Å². The number of alkyl carbamates (subject to hydrolysis) is 1. The molecule has 1 saturated carbocycles. The summed E-state index contributed by atoms with van der Waals surface area (Å²) < 4.78 is 68.6. The van der Waals surface area contributed by atoms with Crippen LogP contribution in [0.25, 0.3) is 0 Å². The van der Waals surface area contributed by atoms with Crippen molar-refractivity contribution in [3.8, 4) is 0 Å². The number of hydrogen-bond donors (Lipinski definition) is 6. The zero-order valence-corrected chi connectivity index (χ0v) is 50.5. The molecule has 4 aliphatic carbocycles. The molecule has 5 aliphatic heterocycles. The zero-order valence-electron chi connectivity index (χ0n) is 50.5. The highest BCUT2D eigenvalue weighted by Gasteiger charge is 2.65. The third-order valence-electron chi connectivity index (χ3n) is 19.9. The van der Waals surface area contributed by atoms with E-state index in [9.17, 15) is 50.0 Å². The largest absolute Gasteiger partial charge is 0.762 e. The summed E-state index contributed by atoms with van der Waals surface area (Å²) in [4.78, 5) is 67.8. The molecule has 0 radical (unpaired) electrons. The third kappa shape index (κ3) is 12.5. The number of ketones is 1. The van der Waals surface area contributed by atoms with Crippen molar-refractivity contribution in [1.29, 1.82) is 0 Å². The summed E-state index contributed by atoms with van der Waals surface area (Å²) in [6, 6.07) is -1.06. The lowest BCUT2D eigenvalue weighted by Gasteiger charge is -2.56. The SMILES string of the molecule is COC(=O)NC1C(C)OC(OC2CC=C(C)C3C=CC4C(OC5CC(OC6CCC(OC7CC(O)C(O)C(C)O7)C(C)O6)C(OC(C)=O)C(C)O5)C(C)CC(C)C4C3(C)C(O)=C3C(=O)OC4(CC(C=O)=CC(O)C4C=C2C)C3=O)CC1(C)N([O-])O. The Morgan fingerprint density at radius 1 is 0.800 bits per heavy atom. The van der Waals surface area contributed by atoms with Gasteiger partial charge in [-0.2, -0.15) is 0 Å². The molecule has 1 spiro atoms. The van der Waals surface area contributed by atoms with Gasteiger partial charge in [0.15, 0.2) is 36.9 Å². The molecule has 85 heavy (non-hydrogen) atoms. The number of rotatable bonds is 12. The molecule has 5 heterocycles. The lowest BCUT2D eigenvalue weighted by molar-refractivity contribution is -0.323. The van der Waals surface area contributed by atoms with Crippen LogP contribution in [0.4, 0.5) is 4.79 Å². The molecule has 6 fully saturated rings. The van der Waals surface area contributed by atoms with E-state index in [4.69, 9.17) is 52.1 Å².